The molecular formula is C22H27N3O5. The molecule has 8 heteroatoms. The number of nitrogens with one attached hydrogen (secondary N) is 1. The van der Waals surface area contributed by atoms with Crippen molar-refractivity contribution < 1.29 is 19.0 Å². The topological polar surface area (TPSA) is 105 Å². The highest BCUT2D eigenvalue weighted by Gasteiger charge is 2.19. The highest BCUT2D eigenvalue weighted by atomic mass is 16.5. The summed E-state index contributed by atoms with van der Waals surface area (Å²) in [6.07, 6.45) is 0.667. The first-order chi connectivity index (χ1) is 14.3. The molecule has 0 atom stereocenters. The van der Waals surface area contributed by atoms with E-state index >= 15 is 0 Å². The highest BCUT2D eigenvalue weighted by Crippen LogP contribution is 2.40. The number of nitriles is 1. The zero-order valence-electron chi connectivity index (χ0n) is 18.2. The van der Waals surface area contributed by atoms with Crippen LogP contribution in [0.15, 0.2) is 16.9 Å². The van der Waals surface area contributed by atoms with Gasteiger partial charge in [-0.1, -0.05) is 0 Å². The third-order valence-electron chi connectivity index (χ3n) is 5.13. The van der Waals surface area contributed by atoms with E-state index in [1.54, 1.807) is 39.0 Å². The summed E-state index contributed by atoms with van der Waals surface area (Å²) in [5, 5.41) is 9.20. The quantitative estimate of drug-likeness (QED) is 0.713. The lowest BCUT2D eigenvalue weighted by Crippen LogP contribution is -2.27. The van der Waals surface area contributed by atoms with E-state index in [9.17, 15) is 14.9 Å². The van der Waals surface area contributed by atoms with Gasteiger partial charge in [-0.3, -0.25) is 9.59 Å². The first kappa shape index (κ1) is 22.8. The zero-order chi connectivity index (χ0) is 22.4. The molecule has 0 aliphatic rings. The van der Waals surface area contributed by atoms with Crippen LogP contribution in [-0.2, 0) is 17.8 Å². The van der Waals surface area contributed by atoms with Crippen molar-refractivity contribution in [3.63, 3.8) is 0 Å². The average Bonchev–Trinajstić information content (AvgIpc) is 2.72. The van der Waals surface area contributed by atoms with Crippen molar-refractivity contribution in [3.8, 4) is 23.3 Å². The molecule has 1 heterocycles. The van der Waals surface area contributed by atoms with Crippen LogP contribution in [0.3, 0.4) is 0 Å². The van der Waals surface area contributed by atoms with Crippen LogP contribution in [0.25, 0.3) is 0 Å². The third kappa shape index (κ3) is 4.57. The Labute approximate surface area is 176 Å². The molecule has 0 saturated heterocycles. The van der Waals surface area contributed by atoms with Gasteiger partial charge in [0.1, 0.15) is 11.6 Å². The number of carbonyl (C=O) groups excluding carboxylic acids is 1. The summed E-state index contributed by atoms with van der Waals surface area (Å²) in [7, 11) is 6.33. The van der Waals surface area contributed by atoms with E-state index in [1.807, 2.05) is 12.1 Å². The minimum absolute atomic E-state index is 0.0738. The predicted octanol–water partition coefficient (Wildman–Crippen LogP) is 2.48. The summed E-state index contributed by atoms with van der Waals surface area (Å²) >= 11 is 0. The number of hydrogen-bond acceptors (Lipinski definition) is 6. The number of H-pyrrole nitrogens is 1. The van der Waals surface area contributed by atoms with Gasteiger partial charge in [-0.05, 0) is 43.5 Å². The second kappa shape index (κ2) is 9.83. The minimum Gasteiger partial charge on any atom is -0.493 e. The van der Waals surface area contributed by atoms with Gasteiger partial charge >= 0.3 is 0 Å². The molecule has 30 heavy (non-hydrogen) atoms. The number of methoxy groups -OCH3 is 3. The summed E-state index contributed by atoms with van der Waals surface area (Å²) in [6, 6.07) is 5.53. The third-order valence-corrected chi connectivity index (χ3v) is 5.13. The zero-order valence-corrected chi connectivity index (χ0v) is 18.2. The molecule has 0 aliphatic heterocycles. The summed E-state index contributed by atoms with van der Waals surface area (Å²) in [5.74, 6) is 1.46. The van der Waals surface area contributed by atoms with E-state index in [-0.39, 0.29) is 17.9 Å². The fraction of sp³-hybridized carbons (Fsp3) is 0.409. The number of hydrogen-bond donors (Lipinski definition) is 1. The number of pyridine rings is 1. The Morgan fingerprint density at radius 1 is 1.13 bits per heavy atom. The number of rotatable bonds is 8. The van der Waals surface area contributed by atoms with E-state index in [0.29, 0.717) is 41.5 Å². The van der Waals surface area contributed by atoms with Crippen molar-refractivity contribution in [2.45, 2.75) is 33.2 Å². The van der Waals surface area contributed by atoms with Gasteiger partial charge in [0.25, 0.3) is 5.56 Å². The Balaban J connectivity index is 2.17. The van der Waals surface area contributed by atoms with Crippen LogP contribution in [0.5, 0.6) is 17.2 Å². The van der Waals surface area contributed by atoms with Crippen LogP contribution in [-0.4, -0.2) is 44.2 Å². The van der Waals surface area contributed by atoms with Crippen molar-refractivity contribution >= 4 is 5.91 Å². The number of benzene rings is 1. The van der Waals surface area contributed by atoms with Crippen LogP contribution in [0.2, 0.25) is 0 Å². The molecular weight excluding hydrogens is 386 g/mol. The van der Waals surface area contributed by atoms with Gasteiger partial charge < -0.3 is 24.1 Å². The molecule has 0 fully saturated rings. The molecule has 0 spiro atoms. The molecule has 0 radical (unpaired) electrons. The second-order valence-electron chi connectivity index (χ2n) is 6.91. The van der Waals surface area contributed by atoms with Gasteiger partial charge in [0.15, 0.2) is 11.5 Å². The van der Waals surface area contributed by atoms with E-state index in [4.69, 9.17) is 14.2 Å². The first-order valence-electron chi connectivity index (χ1n) is 9.43. The Morgan fingerprint density at radius 3 is 2.37 bits per heavy atom. The molecule has 1 aromatic carbocycles. The van der Waals surface area contributed by atoms with E-state index < -0.39 is 5.56 Å². The lowest BCUT2D eigenvalue weighted by atomic mass is 9.99. The van der Waals surface area contributed by atoms with Crippen molar-refractivity contribution in [1.29, 1.82) is 5.26 Å². The summed E-state index contributed by atoms with van der Waals surface area (Å²) in [5.41, 5.74) is 2.58. The number of carbonyl (C=O) groups is 1. The van der Waals surface area contributed by atoms with Crippen LogP contribution in [0, 0.1) is 25.2 Å². The Morgan fingerprint density at radius 2 is 1.80 bits per heavy atom. The minimum atomic E-state index is -0.403. The van der Waals surface area contributed by atoms with Gasteiger partial charge in [0.05, 0.1) is 21.3 Å². The Bertz CT molecular complexity index is 1040. The number of aryl methyl sites for hydroxylation is 1. The molecule has 1 amide bonds. The van der Waals surface area contributed by atoms with E-state index in [0.717, 1.165) is 11.1 Å². The van der Waals surface area contributed by atoms with Crippen molar-refractivity contribution in [2.24, 2.45) is 0 Å². The smallest absolute Gasteiger partial charge is 0.266 e. The number of amides is 1. The normalized spacial score (nSPS) is 10.3. The van der Waals surface area contributed by atoms with Crippen LogP contribution >= 0.6 is 0 Å². The largest absolute Gasteiger partial charge is 0.493 e. The molecule has 0 bridgehead atoms. The number of aromatic nitrogens is 1. The fourth-order valence-electron chi connectivity index (χ4n) is 3.47. The highest BCUT2D eigenvalue weighted by molar-refractivity contribution is 5.76. The van der Waals surface area contributed by atoms with Crippen molar-refractivity contribution in [1.82, 2.24) is 9.88 Å². The number of nitrogens with zero attached hydrogens (tertiary/aromatic N) is 2. The maximum atomic E-state index is 12.7. The molecule has 2 rings (SSSR count). The lowest BCUT2D eigenvalue weighted by molar-refractivity contribution is -0.130. The molecule has 1 aromatic heterocycles. The fourth-order valence-corrected chi connectivity index (χ4v) is 3.47. The van der Waals surface area contributed by atoms with Crippen molar-refractivity contribution in [3.05, 3.63) is 50.4 Å². The van der Waals surface area contributed by atoms with Gasteiger partial charge in [0.2, 0.25) is 11.7 Å². The predicted molar refractivity (Wildman–Crippen MR) is 112 cm³/mol. The van der Waals surface area contributed by atoms with Gasteiger partial charge in [-0.2, -0.15) is 5.26 Å². The maximum absolute atomic E-state index is 12.7. The van der Waals surface area contributed by atoms with Gasteiger partial charge in [-0.15, -0.1) is 0 Å². The van der Waals surface area contributed by atoms with Crippen LogP contribution in [0.1, 0.15) is 34.4 Å². The first-order valence-corrected chi connectivity index (χ1v) is 9.43. The summed E-state index contributed by atoms with van der Waals surface area (Å²) in [4.78, 5) is 28.9. The molecule has 0 unspecified atom stereocenters. The number of aromatic amines is 1. The van der Waals surface area contributed by atoms with Crippen LogP contribution < -0.4 is 19.8 Å². The van der Waals surface area contributed by atoms with E-state index in [1.165, 1.54) is 14.2 Å². The molecule has 0 saturated carbocycles. The monoisotopic (exact) mass is 413 g/mol. The summed E-state index contributed by atoms with van der Waals surface area (Å²) < 4.78 is 16.2. The SMILES string of the molecule is COc1ccc(CN(C)C(=O)CCc2c(C)[nH]c(=O)c(C#N)c2C)c(OC)c1OC. The maximum Gasteiger partial charge on any atom is 0.266 e. The standard InChI is InChI=1S/C22H27N3O5/c1-13-16(14(2)24-22(27)17(13)11-23)8-10-19(26)25(3)12-15-7-9-18(28-4)21(30-6)20(15)29-5/h7,9H,8,10,12H2,1-6H3,(H,24,27). The van der Waals surface area contributed by atoms with E-state index in [2.05, 4.69) is 4.98 Å². The average molecular weight is 413 g/mol. The molecule has 1 N–H and O–H groups in total. The Kier molecular flexibility index (Phi) is 7.48. The second-order valence-corrected chi connectivity index (χ2v) is 6.91. The Hall–Kier alpha value is -3.47. The molecule has 0 aliphatic carbocycles. The molecule has 2 aromatic rings. The van der Waals surface area contributed by atoms with Crippen LogP contribution in [0.4, 0.5) is 0 Å². The van der Waals surface area contributed by atoms with Gasteiger partial charge in [-0.25, -0.2) is 0 Å². The summed E-state index contributed by atoms with van der Waals surface area (Å²) in [6.45, 7) is 3.84. The lowest BCUT2D eigenvalue weighted by Gasteiger charge is -2.21. The number of ether oxygens (including phenoxy) is 3. The molecule has 8 nitrogen and oxygen atoms in total. The van der Waals surface area contributed by atoms with Gasteiger partial charge in [0, 0.05) is 31.3 Å². The van der Waals surface area contributed by atoms with Crippen molar-refractivity contribution in [2.75, 3.05) is 28.4 Å². The molecule has 160 valence electrons.